The molecule has 6 nitrogen and oxygen atoms in total. The van der Waals surface area contributed by atoms with Gasteiger partial charge < -0.3 is 13.8 Å². The maximum absolute atomic E-state index is 6.00. The zero-order valence-corrected chi connectivity index (χ0v) is 15.2. The average Bonchev–Trinajstić information content (AvgIpc) is 3.24. The van der Waals surface area contributed by atoms with E-state index < -0.39 is 0 Å². The second-order valence-electron chi connectivity index (χ2n) is 7.02. The van der Waals surface area contributed by atoms with Gasteiger partial charge in [-0.25, -0.2) is 0 Å². The molecule has 1 fully saturated rings. The van der Waals surface area contributed by atoms with Gasteiger partial charge in [-0.3, -0.25) is 0 Å². The highest BCUT2D eigenvalue weighted by atomic mass is 16.5. The van der Waals surface area contributed by atoms with Gasteiger partial charge in [0.25, 0.3) is 11.8 Å². The molecule has 1 saturated heterocycles. The first kappa shape index (κ1) is 17.0. The summed E-state index contributed by atoms with van der Waals surface area (Å²) in [6, 6.07) is 9.94. The van der Waals surface area contributed by atoms with E-state index in [2.05, 4.69) is 15.4 Å². The van der Waals surface area contributed by atoms with Crippen LogP contribution in [0, 0.1) is 6.92 Å². The summed E-state index contributed by atoms with van der Waals surface area (Å²) in [4.78, 5) is 1.53. The Kier molecular flexibility index (Phi) is 5.11. The molecule has 1 aliphatic rings. The van der Waals surface area contributed by atoms with Crippen LogP contribution in [0.5, 0.6) is 0 Å². The number of quaternary nitrogens is 1. The van der Waals surface area contributed by atoms with E-state index in [0.29, 0.717) is 17.5 Å². The van der Waals surface area contributed by atoms with Gasteiger partial charge in [-0.2, -0.15) is 0 Å². The number of aromatic nitrogens is 3. The summed E-state index contributed by atoms with van der Waals surface area (Å²) >= 11 is 0. The van der Waals surface area contributed by atoms with E-state index >= 15 is 0 Å². The van der Waals surface area contributed by atoms with Gasteiger partial charge in [0.2, 0.25) is 0 Å². The molecule has 0 aliphatic carbocycles. The maximum atomic E-state index is 6.00. The molecule has 0 bridgehead atoms. The van der Waals surface area contributed by atoms with Gasteiger partial charge >= 0.3 is 0 Å². The Morgan fingerprint density at radius 2 is 1.69 bits per heavy atom. The van der Waals surface area contributed by atoms with Gasteiger partial charge in [-0.15, -0.1) is 10.2 Å². The van der Waals surface area contributed by atoms with E-state index in [1.807, 2.05) is 37.3 Å². The number of nitrogens with zero attached hydrogens (tertiary/aromatic N) is 3. The molecular formula is C20H25N4O2+. The van der Waals surface area contributed by atoms with Crippen molar-refractivity contribution in [2.24, 2.45) is 0 Å². The molecule has 0 atom stereocenters. The topological polar surface area (TPSA) is 69.4 Å². The lowest BCUT2D eigenvalue weighted by Gasteiger charge is -2.19. The lowest BCUT2D eigenvalue weighted by molar-refractivity contribution is -0.916. The maximum Gasteiger partial charge on any atom is 0.271 e. The van der Waals surface area contributed by atoms with Crippen molar-refractivity contribution < 1.29 is 13.8 Å². The van der Waals surface area contributed by atoms with Crippen molar-refractivity contribution in [2.75, 3.05) is 13.1 Å². The van der Waals surface area contributed by atoms with Gasteiger partial charge in [-0.05, 0) is 32.6 Å². The van der Waals surface area contributed by atoms with Crippen LogP contribution in [0.4, 0.5) is 0 Å². The Hall–Kier alpha value is -2.47. The minimum Gasteiger partial charge on any atom is -0.415 e. The summed E-state index contributed by atoms with van der Waals surface area (Å²) in [5.41, 5.74) is 2.52. The molecule has 3 heterocycles. The Morgan fingerprint density at radius 1 is 0.962 bits per heavy atom. The first-order valence-electron chi connectivity index (χ1n) is 9.49. The van der Waals surface area contributed by atoms with E-state index in [9.17, 15) is 0 Å². The molecule has 136 valence electrons. The second-order valence-corrected chi connectivity index (χ2v) is 7.02. The molecule has 6 heteroatoms. The monoisotopic (exact) mass is 353 g/mol. The second kappa shape index (κ2) is 7.83. The minimum atomic E-state index is 0.490. The lowest BCUT2D eigenvalue weighted by atomic mass is 10.1. The zero-order chi connectivity index (χ0) is 17.8. The molecule has 0 unspecified atom stereocenters. The predicted molar refractivity (Wildman–Crippen MR) is 97.5 cm³/mol. The number of rotatable bonds is 4. The van der Waals surface area contributed by atoms with Crippen molar-refractivity contribution in [3.63, 3.8) is 0 Å². The van der Waals surface area contributed by atoms with Gasteiger partial charge in [0, 0.05) is 5.56 Å². The van der Waals surface area contributed by atoms with Crippen molar-refractivity contribution in [3.05, 3.63) is 42.0 Å². The van der Waals surface area contributed by atoms with Crippen LogP contribution in [-0.2, 0) is 6.54 Å². The third-order valence-electron chi connectivity index (χ3n) is 5.05. The van der Waals surface area contributed by atoms with Crippen LogP contribution in [-0.4, -0.2) is 28.4 Å². The minimum absolute atomic E-state index is 0.490. The summed E-state index contributed by atoms with van der Waals surface area (Å²) in [5, 5.41) is 12.8. The molecule has 0 spiro atoms. The Bertz CT molecular complexity index is 833. The fourth-order valence-corrected chi connectivity index (χ4v) is 3.64. The summed E-state index contributed by atoms with van der Waals surface area (Å²) in [6.07, 6.45) is 6.59. The fraction of sp³-hybridized carbons (Fsp3) is 0.450. The van der Waals surface area contributed by atoms with Crippen LogP contribution in [0.2, 0.25) is 0 Å². The quantitative estimate of drug-likeness (QED) is 0.781. The van der Waals surface area contributed by atoms with E-state index in [1.54, 1.807) is 0 Å². The lowest BCUT2D eigenvalue weighted by Crippen LogP contribution is -3.10. The highest BCUT2D eigenvalue weighted by Crippen LogP contribution is 2.33. The van der Waals surface area contributed by atoms with Crippen LogP contribution in [0.3, 0.4) is 0 Å². The van der Waals surface area contributed by atoms with Gasteiger partial charge in [0.1, 0.15) is 17.0 Å². The van der Waals surface area contributed by atoms with E-state index in [1.165, 1.54) is 50.1 Å². The molecule has 1 N–H and O–H groups in total. The Morgan fingerprint density at radius 3 is 2.46 bits per heavy atom. The summed E-state index contributed by atoms with van der Waals surface area (Å²) < 4.78 is 11.4. The summed E-state index contributed by atoms with van der Waals surface area (Å²) in [5.74, 6) is 1.87. The highest BCUT2D eigenvalue weighted by Gasteiger charge is 2.23. The largest absolute Gasteiger partial charge is 0.415 e. The molecule has 26 heavy (non-hydrogen) atoms. The number of hydrogen-bond acceptors (Lipinski definition) is 5. The molecule has 1 aromatic carbocycles. The first-order valence-corrected chi connectivity index (χ1v) is 9.49. The van der Waals surface area contributed by atoms with Crippen molar-refractivity contribution in [1.29, 1.82) is 0 Å². The molecule has 2 aromatic heterocycles. The smallest absolute Gasteiger partial charge is 0.271 e. The molecule has 1 aliphatic heterocycles. The van der Waals surface area contributed by atoms with Crippen LogP contribution >= 0.6 is 0 Å². The predicted octanol–water partition coefficient (Wildman–Crippen LogP) is 3.05. The molecule has 0 amide bonds. The number of nitrogens with one attached hydrogen (secondary N) is 1. The number of likely N-dealkylation sites (tertiary alicyclic amines) is 1. The summed E-state index contributed by atoms with van der Waals surface area (Å²) in [7, 11) is 0. The third-order valence-corrected chi connectivity index (χ3v) is 5.05. The summed E-state index contributed by atoms with van der Waals surface area (Å²) in [6.45, 7) is 5.03. The van der Waals surface area contributed by atoms with Gasteiger partial charge in [0.15, 0.2) is 6.54 Å². The van der Waals surface area contributed by atoms with Crippen LogP contribution < -0.4 is 4.90 Å². The van der Waals surface area contributed by atoms with Crippen LogP contribution in [0.1, 0.15) is 43.8 Å². The molecule has 0 saturated carbocycles. The van der Waals surface area contributed by atoms with Crippen molar-refractivity contribution in [2.45, 2.75) is 45.6 Å². The fourth-order valence-electron chi connectivity index (χ4n) is 3.64. The number of benzene rings is 1. The van der Waals surface area contributed by atoms with Crippen LogP contribution in [0.25, 0.3) is 22.7 Å². The number of hydrogen-bond donors (Lipinski definition) is 1. The Labute approximate surface area is 153 Å². The van der Waals surface area contributed by atoms with E-state index in [0.717, 1.165) is 23.4 Å². The number of aryl methyl sites for hydroxylation is 1. The molecular weight excluding hydrogens is 328 g/mol. The SMILES string of the molecule is Cc1onc(-c2ccccc2)c1-c1nnc(C[NH+]2CCCCCCC2)o1. The van der Waals surface area contributed by atoms with E-state index in [4.69, 9.17) is 8.94 Å². The normalized spacial score (nSPS) is 16.3. The van der Waals surface area contributed by atoms with Crippen LogP contribution in [0.15, 0.2) is 39.3 Å². The molecule has 0 radical (unpaired) electrons. The molecule has 4 rings (SSSR count). The van der Waals surface area contributed by atoms with Crippen molar-refractivity contribution in [3.8, 4) is 22.7 Å². The standard InChI is InChI=1S/C20H24N4O2/c1-15-18(19(23-26-15)16-10-6-5-7-11-16)20-22-21-17(25-20)14-24-12-8-3-2-4-9-13-24/h5-7,10-11H,2-4,8-9,12-14H2,1H3/p+1. The third kappa shape index (κ3) is 3.70. The van der Waals surface area contributed by atoms with Crippen molar-refractivity contribution in [1.82, 2.24) is 15.4 Å². The van der Waals surface area contributed by atoms with Crippen molar-refractivity contribution >= 4 is 0 Å². The van der Waals surface area contributed by atoms with Gasteiger partial charge in [0.05, 0.1) is 13.1 Å². The zero-order valence-electron chi connectivity index (χ0n) is 15.2. The average molecular weight is 353 g/mol. The first-order chi connectivity index (χ1) is 12.8. The van der Waals surface area contributed by atoms with Gasteiger partial charge in [-0.1, -0.05) is 41.9 Å². The molecule has 3 aromatic rings. The Balaban J connectivity index is 1.56. The van der Waals surface area contributed by atoms with E-state index in [-0.39, 0.29) is 0 Å². The highest BCUT2D eigenvalue weighted by molar-refractivity contribution is 5.77.